The van der Waals surface area contributed by atoms with E-state index < -0.39 is 0 Å². The maximum absolute atomic E-state index is 11.7. The van der Waals surface area contributed by atoms with Gasteiger partial charge in [0.25, 0.3) is 0 Å². The standard InChI is InChI=1S/C11H19N3OS/c1-5-14(4)11(15)9(3)12-6-10-13-8(2)7-16-10/h7,9,12H,5-6H2,1-4H3. The number of aromatic nitrogens is 1. The second-order valence-corrected chi connectivity index (χ2v) is 4.78. The molecule has 4 nitrogen and oxygen atoms in total. The van der Waals surface area contributed by atoms with Gasteiger partial charge in [-0.05, 0) is 20.8 Å². The molecule has 0 aliphatic rings. The van der Waals surface area contributed by atoms with E-state index in [-0.39, 0.29) is 11.9 Å². The number of nitrogens with zero attached hydrogens (tertiary/aromatic N) is 2. The zero-order valence-corrected chi connectivity index (χ0v) is 11.1. The Morgan fingerprint density at radius 2 is 2.38 bits per heavy atom. The number of carbonyl (C=O) groups is 1. The largest absolute Gasteiger partial charge is 0.345 e. The van der Waals surface area contributed by atoms with Crippen molar-refractivity contribution in [2.24, 2.45) is 0 Å². The average Bonchev–Trinajstić information content (AvgIpc) is 2.69. The number of hydrogen-bond donors (Lipinski definition) is 1. The Kier molecular flexibility index (Phi) is 4.89. The zero-order valence-electron chi connectivity index (χ0n) is 10.3. The highest BCUT2D eigenvalue weighted by Crippen LogP contribution is 2.08. The summed E-state index contributed by atoms with van der Waals surface area (Å²) in [4.78, 5) is 17.8. The average molecular weight is 241 g/mol. The summed E-state index contributed by atoms with van der Waals surface area (Å²) in [5.41, 5.74) is 1.03. The van der Waals surface area contributed by atoms with Gasteiger partial charge in [-0.25, -0.2) is 4.98 Å². The van der Waals surface area contributed by atoms with Crippen LogP contribution in [0.15, 0.2) is 5.38 Å². The van der Waals surface area contributed by atoms with Gasteiger partial charge in [-0.2, -0.15) is 0 Å². The Balaban J connectivity index is 2.40. The van der Waals surface area contributed by atoms with E-state index in [1.165, 1.54) is 0 Å². The number of carbonyl (C=O) groups excluding carboxylic acids is 1. The predicted molar refractivity (Wildman–Crippen MR) is 66.5 cm³/mol. The number of likely N-dealkylation sites (N-methyl/N-ethyl adjacent to an activating group) is 1. The Morgan fingerprint density at radius 3 is 2.88 bits per heavy atom. The number of amides is 1. The minimum absolute atomic E-state index is 0.121. The Labute approximate surface area is 101 Å². The van der Waals surface area contributed by atoms with Crippen molar-refractivity contribution >= 4 is 17.2 Å². The van der Waals surface area contributed by atoms with E-state index in [0.29, 0.717) is 6.54 Å². The molecule has 0 aromatic carbocycles. The van der Waals surface area contributed by atoms with Crippen molar-refractivity contribution in [2.75, 3.05) is 13.6 Å². The van der Waals surface area contributed by atoms with Crippen molar-refractivity contribution in [1.82, 2.24) is 15.2 Å². The van der Waals surface area contributed by atoms with Crippen molar-refractivity contribution in [3.8, 4) is 0 Å². The van der Waals surface area contributed by atoms with Crippen LogP contribution < -0.4 is 5.32 Å². The second-order valence-electron chi connectivity index (χ2n) is 3.84. The normalized spacial score (nSPS) is 12.5. The number of aryl methyl sites for hydroxylation is 1. The molecule has 0 radical (unpaired) electrons. The maximum atomic E-state index is 11.7. The summed E-state index contributed by atoms with van der Waals surface area (Å²) in [7, 11) is 1.81. The number of rotatable bonds is 5. The first-order valence-electron chi connectivity index (χ1n) is 5.44. The monoisotopic (exact) mass is 241 g/mol. The third-order valence-corrected chi connectivity index (χ3v) is 3.41. The van der Waals surface area contributed by atoms with Crippen LogP contribution in [0.4, 0.5) is 0 Å². The lowest BCUT2D eigenvalue weighted by Gasteiger charge is -2.20. The molecule has 1 heterocycles. The van der Waals surface area contributed by atoms with Crippen molar-refractivity contribution in [3.05, 3.63) is 16.1 Å². The summed E-state index contributed by atoms with van der Waals surface area (Å²) in [5, 5.41) is 6.22. The molecule has 0 bridgehead atoms. The predicted octanol–water partition coefficient (Wildman–Crippen LogP) is 1.41. The van der Waals surface area contributed by atoms with Gasteiger partial charge in [-0.3, -0.25) is 10.1 Å². The summed E-state index contributed by atoms with van der Waals surface area (Å²) >= 11 is 1.62. The van der Waals surface area contributed by atoms with Crippen LogP contribution in [0.2, 0.25) is 0 Å². The van der Waals surface area contributed by atoms with E-state index in [0.717, 1.165) is 17.2 Å². The molecular weight excluding hydrogens is 222 g/mol. The fourth-order valence-corrected chi connectivity index (χ4v) is 2.02. The molecule has 0 aliphatic heterocycles. The molecule has 0 spiro atoms. The van der Waals surface area contributed by atoms with Gasteiger partial charge in [-0.1, -0.05) is 0 Å². The van der Waals surface area contributed by atoms with E-state index >= 15 is 0 Å². The van der Waals surface area contributed by atoms with Gasteiger partial charge in [0.15, 0.2) is 0 Å². The summed E-state index contributed by atoms with van der Waals surface area (Å²) in [6.45, 7) is 7.22. The van der Waals surface area contributed by atoms with Crippen molar-refractivity contribution in [3.63, 3.8) is 0 Å². The number of thiazole rings is 1. The lowest BCUT2D eigenvalue weighted by molar-refractivity contribution is -0.131. The van der Waals surface area contributed by atoms with Gasteiger partial charge in [0.05, 0.1) is 6.04 Å². The highest BCUT2D eigenvalue weighted by atomic mass is 32.1. The van der Waals surface area contributed by atoms with Crippen LogP contribution in [0.25, 0.3) is 0 Å². The molecule has 1 aromatic rings. The van der Waals surface area contributed by atoms with Crippen LogP contribution in [0, 0.1) is 6.92 Å². The summed E-state index contributed by atoms with van der Waals surface area (Å²) < 4.78 is 0. The minimum Gasteiger partial charge on any atom is -0.345 e. The van der Waals surface area contributed by atoms with Crippen LogP contribution >= 0.6 is 11.3 Å². The first-order valence-corrected chi connectivity index (χ1v) is 6.32. The molecule has 90 valence electrons. The van der Waals surface area contributed by atoms with Crippen LogP contribution in [0.5, 0.6) is 0 Å². The Morgan fingerprint density at radius 1 is 1.69 bits per heavy atom. The molecule has 5 heteroatoms. The topological polar surface area (TPSA) is 45.2 Å². The SMILES string of the molecule is CCN(C)C(=O)C(C)NCc1nc(C)cs1. The van der Waals surface area contributed by atoms with Gasteiger partial charge < -0.3 is 4.90 Å². The summed E-state index contributed by atoms with van der Waals surface area (Å²) in [6, 6.07) is -0.158. The van der Waals surface area contributed by atoms with Gasteiger partial charge in [-0.15, -0.1) is 11.3 Å². The van der Waals surface area contributed by atoms with E-state index in [2.05, 4.69) is 10.3 Å². The van der Waals surface area contributed by atoms with Crippen molar-refractivity contribution < 1.29 is 4.79 Å². The van der Waals surface area contributed by atoms with Crippen LogP contribution in [0.3, 0.4) is 0 Å². The molecular formula is C11H19N3OS. The molecule has 0 saturated heterocycles. The number of hydrogen-bond acceptors (Lipinski definition) is 4. The number of nitrogens with one attached hydrogen (secondary N) is 1. The van der Waals surface area contributed by atoms with Gasteiger partial charge in [0.2, 0.25) is 5.91 Å². The van der Waals surface area contributed by atoms with Crippen LogP contribution in [0.1, 0.15) is 24.5 Å². The van der Waals surface area contributed by atoms with E-state index in [1.54, 1.807) is 16.2 Å². The van der Waals surface area contributed by atoms with Crippen LogP contribution in [-0.4, -0.2) is 35.4 Å². The summed E-state index contributed by atoms with van der Waals surface area (Å²) in [5.74, 6) is 0.121. The highest BCUT2D eigenvalue weighted by molar-refractivity contribution is 7.09. The van der Waals surface area contributed by atoms with E-state index in [9.17, 15) is 4.79 Å². The first kappa shape index (κ1) is 13.1. The molecule has 0 saturated carbocycles. The van der Waals surface area contributed by atoms with E-state index in [1.807, 2.05) is 33.2 Å². The molecule has 1 aromatic heterocycles. The summed E-state index contributed by atoms with van der Waals surface area (Å²) in [6.07, 6.45) is 0. The lowest BCUT2D eigenvalue weighted by Crippen LogP contribution is -2.42. The maximum Gasteiger partial charge on any atom is 0.239 e. The van der Waals surface area contributed by atoms with Crippen LogP contribution in [-0.2, 0) is 11.3 Å². The van der Waals surface area contributed by atoms with Crippen molar-refractivity contribution in [2.45, 2.75) is 33.4 Å². The molecule has 1 N–H and O–H groups in total. The fourth-order valence-electron chi connectivity index (χ4n) is 1.30. The third-order valence-electron chi connectivity index (χ3n) is 2.45. The van der Waals surface area contributed by atoms with Gasteiger partial charge in [0, 0.05) is 31.2 Å². The molecule has 1 rings (SSSR count). The third kappa shape index (κ3) is 3.57. The quantitative estimate of drug-likeness (QED) is 0.847. The molecule has 1 atom stereocenters. The Bertz CT molecular complexity index is 351. The molecule has 1 amide bonds. The first-order chi connectivity index (χ1) is 7.54. The molecule has 1 unspecified atom stereocenters. The Hall–Kier alpha value is -0.940. The zero-order chi connectivity index (χ0) is 12.1. The molecule has 16 heavy (non-hydrogen) atoms. The van der Waals surface area contributed by atoms with E-state index in [4.69, 9.17) is 0 Å². The molecule has 0 fully saturated rings. The van der Waals surface area contributed by atoms with Gasteiger partial charge in [0.1, 0.15) is 5.01 Å². The minimum atomic E-state index is -0.158. The smallest absolute Gasteiger partial charge is 0.239 e. The lowest BCUT2D eigenvalue weighted by atomic mass is 10.3. The second kappa shape index (κ2) is 5.96. The van der Waals surface area contributed by atoms with Crippen molar-refractivity contribution in [1.29, 1.82) is 0 Å². The fraction of sp³-hybridized carbons (Fsp3) is 0.636. The highest BCUT2D eigenvalue weighted by Gasteiger charge is 2.15. The molecule has 0 aliphatic carbocycles. The van der Waals surface area contributed by atoms with Gasteiger partial charge >= 0.3 is 0 Å².